The molecular formula is C14H16F2N4O. The minimum Gasteiger partial charge on any atom is -0.381 e. The van der Waals surface area contributed by atoms with Gasteiger partial charge in [0, 0.05) is 24.5 Å². The number of nitrogens with one attached hydrogen (secondary N) is 3. The van der Waals surface area contributed by atoms with Crippen molar-refractivity contribution in [3.8, 4) is 0 Å². The molecule has 1 atom stereocenters. The van der Waals surface area contributed by atoms with Crippen LogP contribution in [0.25, 0.3) is 0 Å². The lowest BCUT2D eigenvalue weighted by Gasteiger charge is -2.13. The van der Waals surface area contributed by atoms with Gasteiger partial charge < -0.3 is 15.6 Å². The molecule has 0 radical (unpaired) electrons. The van der Waals surface area contributed by atoms with Gasteiger partial charge in [0.25, 0.3) is 5.91 Å². The van der Waals surface area contributed by atoms with Gasteiger partial charge in [0.1, 0.15) is 23.1 Å². The molecule has 21 heavy (non-hydrogen) atoms. The van der Waals surface area contributed by atoms with E-state index in [1.165, 1.54) is 0 Å². The Balaban J connectivity index is 2.16. The molecule has 1 aromatic heterocycles. The summed E-state index contributed by atoms with van der Waals surface area (Å²) in [5, 5.41) is 5.19. The van der Waals surface area contributed by atoms with Gasteiger partial charge in [-0.25, -0.2) is 13.8 Å². The largest absolute Gasteiger partial charge is 0.381 e. The fourth-order valence-corrected chi connectivity index (χ4v) is 1.91. The van der Waals surface area contributed by atoms with Crippen molar-refractivity contribution in [3.05, 3.63) is 47.5 Å². The number of hydrogen-bond acceptors (Lipinski definition) is 3. The first kappa shape index (κ1) is 15.0. The van der Waals surface area contributed by atoms with E-state index in [0.717, 1.165) is 12.1 Å². The highest BCUT2D eigenvalue weighted by Gasteiger charge is 2.17. The third kappa shape index (κ3) is 3.36. The molecule has 1 aromatic carbocycles. The van der Waals surface area contributed by atoms with Gasteiger partial charge in [-0.05, 0) is 26.0 Å². The van der Waals surface area contributed by atoms with Crippen LogP contribution >= 0.6 is 0 Å². The number of rotatable bonds is 5. The lowest BCUT2D eigenvalue weighted by Crippen LogP contribution is -2.27. The molecule has 0 aliphatic carbocycles. The molecule has 5 nitrogen and oxygen atoms in total. The Kier molecular flexibility index (Phi) is 4.52. The quantitative estimate of drug-likeness (QED) is 0.794. The normalized spacial score (nSPS) is 12.0. The van der Waals surface area contributed by atoms with Gasteiger partial charge in [-0.2, -0.15) is 0 Å². The topological polar surface area (TPSA) is 69.8 Å². The van der Waals surface area contributed by atoms with E-state index >= 15 is 0 Å². The molecule has 1 unspecified atom stereocenters. The SMILES string of the molecule is CCNc1c(F)cc(C(=O)NC(C)c2ncc[nH]2)cc1F. The summed E-state index contributed by atoms with van der Waals surface area (Å²) in [6.07, 6.45) is 3.19. The molecule has 2 aromatic rings. The van der Waals surface area contributed by atoms with E-state index in [9.17, 15) is 13.6 Å². The average Bonchev–Trinajstić information content (AvgIpc) is 2.96. The molecule has 112 valence electrons. The van der Waals surface area contributed by atoms with Gasteiger partial charge in [0.2, 0.25) is 0 Å². The van der Waals surface area contributed by atoms with Crippen LogP contribution in [0.3, 0.4) is 0 Å². The number of halogens is 2. The van der Waals surface area contributed by atoms with E-state index in [1.807, 2.05) is 0 Å². The fraction of sp³-hybridized carbons (Fsp3) is 0.286. The molecule has 0 saturated carbocycles. The predicted molar refractivity (Wildman–Crippen MR) is 75.0 cm³/mol. The molecule has 1 heterocycles. The smallest absolute Gasteiger partial charge is 0.252 e. The van der Waals surface area contributed by atoms with Crippen molar-refractivity contribution in [1.82, 2.24) is 15.3 Å². The van der Waals surface area contributed by atoms with Crippen molar-refractivity contribution >= 4 is 11.6 Å². The maximum absolute atomic E-state index is 13.8. The Morgan fingerprint density at radius 2 is 2.05 bits per heavy atom. The molecule has 0 bridgehead atoms. The van der Waals surface area contributed by atoms with Crippen molar-refractivity contribution in [2.45, 2.75) is 19.9 Å². The van der Waals surface area contributed by atoms with Crippen LogP contribution in [0.1, 0.15) is 36.1 Å². The Morgan fingerprint density at radius 3 is 2.57 bits per heavy atom. The summed E-state index contributed by atoms with van der Waals surface area (Å²) in [4.78, 5) is 18.9. The van der Waals surface area contributed by atoms with Gasteiger partial charge in [0.15, 0.2) is 0 Å². The monoisotopic (exact) mass is 294 g/mol. The van der Waals surface area contributed by atoms with Crippen LogP contribution in [0.5, 0.6) is 0 Å². The minimum atomic E-state index is -0.798. The van der Waals surface area contributed by atoms with Gasteiger partial charge in [-0.1, -0.05) is 0 Å². The van der Waals surface area contributed by atoms with Crippen LogP contribution in [0.2, 0.25) is 0 Å². The second-order valence-electron chi connectivity index (χ2n) is 4.51. The second-order valence-corrected chi connectivity index (χ2v) is 4.51. The first-order valence-electron chi connectivity index (χ1n) is 6.56. The Hall–Kier alpha value is -2.44. The highest BCUT2D eigenvalue weighted by atomic mass is 19.1. The highest BCUT2D eigenvalue weighted by molar-refractivity contribution is 5.94. The lowest BCUT2D eigenvalue weighted by atomic mass is 10.1. The standard InChI is InChI=1S/C14H16F2N4O/c1-3-17-12-10(15)6-9(7-11(12)16)14(21)20-8(2)13-18-4-5-19-13/h4-8,17H,3H2,1-2H3,(H,18,19)(H,20,21). The summed E-state index contributed by atoms with van der Waals surface area (Å²) in [5.41, 5.74) is -0.307. The average molecular weight is 294 g/mol. The molecular weight excluding hydrogens is 278 g/mol. The number of aromatic amines is 1. The number of anilines is 1. The first-order valence-corrected chi connectivity index (χ1v) is 6.56. The van der Waals surface area contributed by atoms with Crippen LogP contribution < -0.4 is 10.6 Å². The van der Waals surface area contributed by atoms with Crippen molar-refractivity contribution < 1.29 is 13.6 Å². The predicted octanol–water partition coefficient (Wildman–Crippen LogP) is 2.61. The van der Waals surface area contributed by atoms with Crippen LogP contribution in [-0.4, -0.2) is 22.4 Å². The summed E-state index contributed by atoms with van der Waals surface area (Å²) in [6, 6.07) is 1.61. The Labute approximate surface area is 120 Å². The summed E-state index contributed by atoms with van der Waals surface area (Å²) >= 11 is 0. The summed E-state index contributed by atoms with van der Waals surface area (Å²) in [5.74, 6) is -1.60. The Morgan fingerprint density at radius 1 is 1.38 bits per heavy atom. The number of carbonyl (C=O) groups is 1. The molecule has 0 fully saturated rings. The van der Waals surface area contributed by atoms with Gasteiger partial charge in [0.05, 0.1) is 6.04 Å². The van der Waals surface area contributed by atoms with Crippen molar-refractivity contribution in [2.24, 2.45) is 0 Å². The second kappa shape index (κ2) is 6.34. The van der Waals surface area contributed by atoms with Gasteiger partial charge in [-0.3, -0.25) is 4.79 Å². The number of H-pyrrole nitrogens is 1. The molecule has 0 spiro atoms. The van der Waals surface area contributed by atoms with E-state index in [-0.39, 0.29) is 11.3 Å². The van der Waals surface area contributed by atoms with Crippen LogP contribution in [0.15, 0.2) is 24.5 Å². The number of imidazole rings is 1. The molecule has 2 rings (SSSR count). The number of nitrogens with zero attached hydrogens (tertiary/aromatic N) is 1. The molecule has 3 N–H and O–H groups in total. The summed E-state index contributed by atoms with van der Waals surface area (Å²) in [7, 11) is 0. The van der Waals surface area contributed by atoms with E-state index in [1.54, 1.807) is 26.2 Å². The molecule has 0 aliphatic rings. The van der Waals surface area contributed by atoms with Crippen molar-refractivity contribution in [2.75, 3.05) is 11.9 Å². The fourth-order valence-electron chi connectivity index (χ4n) is 1.91. The molecule has 0 saturated heterocycles. The van der Waals surface area contributed by atoms with E-state index in [2.05, 4.69) is 20.6 Å². The van der Waals surface area contributed by atoms with E-state index < -0.39 is 23.6 Å². The molecule has 1 amide bonds. The van der Waals surface area contributed by atoms with Crippen LogP contribution in [0.4, 0.5) is 14.5 Å². The Bertz CT molecular complexity index is 605. The zero-order valence-corrected chi connectivity index (χ0v) is 11.7. The maximum atomic E-state index is 13.8. The number of amides is 1. The van der Waals surface area contributed by atoms with E-state index in [0.29, 0.717) is 12.4 Å². The first-order chi connectivity index (χ1) is 10.0. The summed E-state index contributed by atoms with van der Waals surface area (Å²) in [6.45, 7) is 3.83. The maximum Gasteiger partial charge on any atom is 0.252 e. The van der Waals surface area contributed by atoms with Crippen molar-refractivity contribution in [3.63, 3.8) is 0 Å². The van der Waals surface area contributed by atoms with Gasteiger partial charge in [-0.15, -0.1) is 0 Å². The molecule has 7 heteroatoms. The number of hydrogen-bond donors (Lipinski definition) is 3. The van der Waals surface area contributed by atoms with Crippen molar-refractivity contribution in [1.29, 1.82) is 0 Å². The number of carbonyl (C=O) groups excluding carboxylic acids is 1. The zero-order chi connectivity index (χ0) is 15.4. The van der Waals surface area contributed by atoms with Crippen LogP contribution in [-0.2, 0) is 0 Å². The number of benzene rings is 1. The third-order valence-electron chi connectivity index (χ3n) is 2.93. The highest BCUT2D eigenvalue weighted by Crippen LogP contribution is 2.21. The summed E-state index contributed by atoms with van der Waals surface area (Å²) < 4.78 is 27.5. The van der Waals surface area contributed by atoms with Gasteiger partial charge >= 0.3 is 0 Å². The third-order valence-corrected chi connectivity index (χ3v) is 2.93. The zero-order valence-electron chi connectivity index (χ0n) is 11.7. The molecule has 0 aliphatic heterocycles. The minimum absolute atomic E-state index is 0.0786. The van der Waals surface area contributed by atoms with E-state index in [4.69, 9.17) is 0 Å². The number of aromatic nitrogens is 2. The van der Waals surface area contributed by atoms with Crippen LogP contribution in [0, 0.1) is 11.6 Å². The lowest BCUT2D eigenvalue weighted by molar-refractivity contribution is 0.0937.